The van der Waals surface area contributed by atoms with Crippen LogP contribution in [-0.2, 0) is 32.7 Å². The van der Waals surface area contributed by atoms with Gasteiger partial charge in [-0.05, 0) is 64.2 Å². The van der Waals surface area contributed by atoms with Gasteiger partial charge in [-0.1, -0.05) is 260 Å². The first kappa shape index (κ1) is 70.5. The van der Waals surface area contributed by atoms with E-state index in [1.807, 2.05) is 21.1 Å². The smallest absolute Gasteiger partial charge is 0.462 e. The van der Waals surface area contributed by atoms with E-state index in [2.05, 4.69) is 86.8 Å². The largest absolute Gasteiger partial charge is 0.472 e. The predicted molar refractivity (Wildman–Crippen MR) is 312 cm³/mol. The summed E-state index contributed by atoms with van der Waals surface area (Å²) in [5, 5.41) is 0. The molecule has 0 aliphatic carbocycles. The summed E-state index contributed by atoms with van der Waals surface area (Å²) in [6, 6.07) is 0. The average molecular weight is 1050 g/mol. The van der Waals surface area contributed by atoms with E-state index in [0.29, 0.717) is 17.4 Å². The fourth-order valence-corrected chi connectivity index (χ4v) is 9.12. The number of rotatable bonds is 55. The van der Waals surface area contributed by atoms with Crippen LogP contribution in [0.1, 0.15) is 264 Å². The Balaban J connectivity index is 4.17. The van der Waals surface area contributed by atoms with Crippen LogP contribution in [0.2, 0.25) is 0 Å². The number of nitrogens with zero attached hydrogens (tertiary/aromatic N) is 1. The Labute approximate surface area is 450 Å². The highest BCUT2D eigenvalue weighted by Gasteiger charge is 2.27. The van der Waals surface area contributed by atoms with E-state index < -0.39 is 26.5 Å². The number of quaternary nitrogens is 1. The van der Waals surface area contributed by atoms with Crippen molar-refractivity contribution in [1.29, 1.82) is 0 Å². The van der Waals surface area contributed by atoms with E-state index >= 15 is 0 Å². The van der Waals surface area contributed by atoms with E-state index in [9.17, 15) is 19.0 Å². The molecule has 424 valence electrons. The molecule has 0 saturated carbocycles. The van der Waals surface area contributed by atoms with Gasteiger partial charge in [-0.2, -0.15) is 0 Å². The van der Waals surface area contributed by atoms with Gasteiger partial charge in [0.25, 0.3) is 0 Å². The molecule has 0 radical (unpaired) electrons. The lowest BCUT2D eigenvalue weighted by Gasteiger charge is -2.24. The molecule has 0 aromatic carbocycles. The van der Waals surface area contributed by atoms with Crippen LogP contribution in [0.4, 0.5) is 0 Å². The number of unbranched alkanes of at least 4 members (excludes halogenated alkanes) is 29. The molecule has 2 unspecified atom stereocenters. The summed E-state index contributed by atoms with van der Waals surface area (Å²) >= 11 is 0. The molecular formula is C63H115NO8P+. The molecule has 0 aromatic rings. The number of hydrogen-bond acceptors (Lipinski definition) is 7. The van der Waals surface area contributed by atoms with Gasteiger partial charge in [0, 0.05) is 12.8 Å². The molecule has 0 saturated heterocycles. The highest BCUT2D eigenvalue weighted by atomic mass is 31.2. The Morgan fingerprint density at radius 2 is 0.781 bits per heavy atom. The van der Waals surface area contributed by atoms with Gasteiger partial charge in [0.1, 0.15) is 19.8 Å². The van der Waals surface area contributed by atoms with E-state index in [4.69, 9.17) is 18.5 Å². The minimum atomic E-state index is -4.40. The Morgan fingerprint density at radius 1 is 0.438 bits per heavy atom. The van der Waals surface area contributed by atoms with Gasteiger partial charge in [0.2, 0.25) is 0 Å². The fraction of sp³-hybridized carbons (Fsp3) is 0.778. The average Bonchev–Trinajstić information content (AvgIpc) is 3.35. The maximum atomic E-state index is 12.8. The Bertz CT molecular complexity index is 1460. The maximum Gasteiger partial charge on any atom is 0.472 e. The minimum absolute atomic E-state index is 0.0242. The Hall–Kier alpha value is -2.55. The zero-order valence-corrected chi connectivity index (χ0v) is 49.0. The van der Waals surface area contributed by atoms with Crippen molar-refractivity contribution in [3.05, 3.63) is 72.9 Å². The summed E-state index contributed by atoms with van der Waals surface area (Å²) in [4.78, 5) is 35.7. The van der Waals surface area contributed by atoms with Crippen molar-refractivity contribution in [2.24, 2.45) is 0 Å². The van der Waals surface area contributed by atoms with Crippen LogP contribution in [0.25, 0.3) is 0 Å². The fourth-order valence-electron chi connectivity index (χ4n) is 8.37. The van der Waals surface area contributed by atoms with Crippen molar-refractivity contribution in [3.63, 3.8) is 0 Å². The minimum Gasteiger partial charge on any atom is -0.462 e. The zero-order valence-electron chi connectivity index (χ0n) is 48.1. The number of allylic oxidation sites excluding steroid dienone is 12. The summed E-state index contributed by atoms with van der Waals surface area (Å²) in [5.74, 6) is -0.820. The van der Waals surface area contributed by atoms with E-state index in [1.165, 1.54) is 148 Å². The Morgan fingerprint density at radius 3 is 1.16 bits per heavy atom. The highest BCUT2D eigenvalue weighted by Crippen LogP contribution is 2.43. The van der Waals surface area contributed by atoms with E-state index in [1.54, 1.807) is 0 Å². The molecule has 0 aliphatic rings. The van der Waals surface area contributed by atoms with Gasteiger partial charge in [0.05, 0.1) is 27.7 Å². The molecule has 2 atom stereocenters. The molecule has 0 aliphatic heterocycles. The number of phosphoric ester groups is 1. The third kappa shape index (κ3) is 58.6. The molecule has 0 heterocycles. The summed E-state index contributed by atoms with van der Waals surface area (Å²) in [5.41, 5.74) is 0. The number of phosphoric acid groups is 1. The molecule has 1 N–H and O–H groups in total. The van der Waals surface area contributed by atoms with Crippen LogP contribution in [0.3, 0.4) is 0 Å². The normalized spacial score (nSPS) is 13.8. The molecular weight excluding hydrogens is 930 g/mol. The second-order valence-electron chi connectivity index (χ2n) is 21.4. The predicted octanol–water partition coefficient (Wildman–Crippen LogP) is 18.9. The lowest BCUT2D eigenvalue weighted by molar-refractivity contribution is -0.870. The Kier molecular flexibility index (Phi) is 52.4. The van der Waals surface area contributed by atoms with E-state index in [-0.39, 0.29) is 32.0 Å². The molecule has 0 bridgehead atoms. The number of esters is 2. The van der Waals surface area contributed by atoms with Crippen molar-refractivity contribution in [2.45, 2.75) is 270 Å². The van der Waals surface area contributed by atoms with Crippen molar-refractivity contribution < 1.29 is 42.1 Å². The maximum absolute atomic E-state index is 12.8. The number of hydrogen-bond donors (Lipinski definition) is 1. The topological polar surface area (TPSA) is 108 Å². The van der Waals surface area contributed by atoms with Gasteiger partial charge >= 0.3 is 19.8 Å². The summed E-state index contributed by atoms with van der Waals surface area (Å²) in [6.07, 6.45) is 71.2. The standard InChI is InChI=1S/C63H114NO8P/c1-6-8-10-12-14-16-18-20-22-24-26-28-30-31-32-34-35-37-39-41-43-45-47-49-51-53-55-62(65)69-59-61(60-71-73(67,68)70-58-57-64(3,4)5)72-63(66)56-54-52-50-48-46-44-42-40-38-36-33-29-27-25-23-21-19-17-15-13-11-9-7-2/h9,11,15,17,21,23,27,29,36,38,42,44,61H,6-8,10,12-14,16,18-20,22,24-26,28,30-35,37,39-41,43,45-60H2,1-5H3/p+1/b11-9-,17-15-,23-21-,29-27-,38-36-,44-42-. The van der Waals surface area contributed by atoms with Crippen LogP contribution < -0.4 is 0 Å². The molecule has 0 fully saturated rings. The summed E-state index contributed by atoms with van der Waals surface area (Å²) in [7, 11) is 1.46. The molecule has 0 rings (SSSR count). The van der Waals surface area contributed by atoms with Crippen molar-refractivity contribution in [3.8, 4) is 0 Å². The van der Waals surface area contributed by atoms with Crippen LogP contribution in [-0.4, -0.2) is 74.9 Å². The van der Waals surface area contributed by atoms with Crippen molar-refractivity contribution in [1.82, 2.24) is 0 Å². The number of carbonyl (C=O) groups excluding carboxylic acids is 2. The van der Waals surface area contributed by atoms with Crippen LogP contribution in [0.5, 0.6) is 0 Å². The third-order valence-electron chi connectivity index (χ3n) is 13.0. The van der Waals surface area contributed by atoms with Gasteiger partial charge in [-0.3, -0.25) is 18.6 Å². The van der Waals surface area contributed by atoms with Crippen LogP contribution >= 0.6 is 7.82 Å². The SMILES string of the molecule is CC/C=C\C/C=C\C/C=C\C/C=C\C/C=C\C/C=C\CCCCCCC(=O)OC(COC(=O)CCCCCCCCCCCCCCCCCCCCCCCCCCCC)COP(=O)(O)OCC[N+](C)(C)C. The second-order valence-corrected chi connectivity index (χ2v) is 22.8. The number of carbonyl (C=O) groups is 2. The monoisotopic (exact) mass is 1040 g/mol. The lowest BCUT2D eigenvalue weighted by Crippen LogP contribution is -2.37. The second kappa shape index (κ2) is 54.2. The van der Waals surface area contributed by atoms with E-state index in [0.717, 1.165) is 83.5 Å². The molecule has 73 heavy (non-hydrogen) atoms. The molecule has 0 aromatic heterocycles. The summed E-state index contributed by atoms with van der Waals surface area (Å²) < 4.78 is 34.6. The van der Waals surface area contributed by atoms with Crippen molar-refractivity contribution in [2.75, 3.05) is 47.5 Å². The zero-order chi connectivity index (χ0) is 53.5. The lowest BCUT2D eigenvalue weighted by atomic mass is 10.0. The number of ether oxygens (including phenoxy) is 2. The van der Waals surface area contributed by atoms with Gasteiger partial charge < -0.3 is 18.9 Å². The van der Waals surface area contributed by atoms with Gasteiger partial charge in [-0.15, -0.1) is 0 Å². The molecule has 0 spiro atoms. The van der Waals surface area contributed by atoms with Crippen molar-refractivity contribution >= 4 is 19.8 Å². The number of likely N-dealkylation sites (N-methyl/N-ethyl adjacent to an activating group) is 1. The highest BCUT2D eigenvalue weighted by molar-refractivity contribution is 7.47. The summed E-state index contributed by atoms with van der Waals surface area (Å²) in [6.45, 7) is 4.32. The van der Waals surface area contributed by atoms with Crippen LogP contribution in [0.15, 0.2) is 72.9 Å². The van der Waals surface area contributed by atoms with Gasteiger partial charge in [-0.25, -0.2) is 4.57 Å². The third-order valence-corrected chi connectivity index (χ3v) is 14.0. The quantitative estimate of drug-likeness (QED) is 0.0211. The first-order valence-corrected chi connectivity index (χ1v) is 31.7. The first-order valence-electron chi connectivity index (χ1n) is 30.2. The molecule has 9 nitrogen and oxygen atoms in total. The molecule has 10 heteroatoms. The van der Waals surface area contributed by atoms with Crippen LogP contribution in [0, 0.1) is 0 Å². The first-order chi connectivity index (χ1) is 35.5. The molecule has 0 amide bonds. The van der Waals surface area contributed by atoms with Gasteiger partial charge in [0.15, 0.2) is 6.10 Å².